The number of hydrogen-bond acceptors (Lipinski definition) is 6. The zero-order valence-electron chi connectivity index (χ0n) is 20.4. The van der Waals surface area contributed by atoms with Gasteiger partial charge in [0, 0.05) is 0 Å². The number of carboxylic acid groups (broad SMARTS) is 1. The van der Waals surface area contributed by atoms with Crippen LogP contribution in [0.1, 0.15) is 43.0 Å². The molecule has 0 saturated carbocycles. The first-order valence-electron chi connectivity index (χ1n) is 12.4. The van der Waals surface area contributed by atoms with Crippen molar-refractivity contribution in [1.82, 2.24) is 5.06 Å². The molecule has 8 heteroatoms. The summed E-state index contributed by atoms with van der Waals surface area (Å²) in [7, 11) is 0. The van der Waals surface area contributed by atoms with Crippen LogP contribution >= 0.6 is 0 Å². The van der Waals surface area contributed by atoms with E-state index in [0.717, 1.165) is 17.5 Å². The number of anilines is 1. The molecule has 0 spiro atoms. The molecule has 190 valence electrons. The van der Waals surface area contributed by atoms with Gasteiger partial charge in [0.05, 0.1) is 36.7 Å². The van der Waals surface area contributed by atoms with Crippen LogP contribution in [-0.4, -0.2) is 40.7 Å². The smallest absolute Gasteiger partial charge is 0.305 e. The number of hydroxylamine groups is 2. The average molecular weight is 501 g/mol. The van der Waals surface area contributed by atoms with Crippen LogP contribution in [0.25, 0.3) is 0 Å². The first-order chi connectivity index (χ1) is 18.0. The highest BCUT2D eigenvalue weighted by molar-refractivity contribution is 6.23. The van der Waals surface area contributed by atoms with E-state index in [1.165, 1.54) is 4.90 Å². The van der Waals surface area contributed by atoms with Crippen LogP contribution in [0.3, 0.4) is 0 Å². The van der Waals surface area contributed by atoms with Gasteiger partial charge in [-0.15, -0.1) is 0 Å². The lowest BCUT2D eigenvalue weighted by molar-refractivity contribution is -0.197. The highest BCUT2D eigenvalue weighted by Gasteiger charge is 2.61. The van der Waals surface area contributed by atoms with Gasteiger partial charge in [-0.25, -0.2) is 4.90 Å². The molecule has 3 aromatic carbocycles. The van der Waals surface area contributed by atoms with Gasteiger partial charge in [-0.3, -0.25) is 19.2 Å². The van der Waals surface area contributed by atoms with Gasteiger partial charge in [0.2, 0.25) is 5.91 Å². The molecule has 37 heavy (non-hydrogen) atoms. The maximum absolute atomic E-state index is 13.8. The molecule has 0 radical (unpaired) electrons. The lowest BCUT2D eigenvalue weighted by Gasteiger charge is -2.33. The number of benzene rings is 3. The minimum Gasteiger partial charge on any atom is -0.494 e. The van der Waals surface area contributed by atoms with E-state index in [9.17, 15) is 19.5 Å². The fraction of sp³-hybridized carbons (Fsp3) is 0.276. The molecule has 0 aromatic heterocycles. The summed E-state index contributed by atoms with van der Waals surface area (Å²) in [5, 5.41) is 11.2. The average Bonchev–Trinajstić information content (AvgIpc) is 3.42. The van der Waals surface area contributed by atoms with E-state index in [1.807, 2.05) is 67.6 Å². The van der Waals surface area contributed by atoms with Crippen molar-refractivity contribution in [3.05, 3.63) is 96.1 Å². The molecular weight excluding hydrogens is 472 g/mol. The predicted octanol–water partition coefficient (Wildman–Crippen LogP) is 4.54. The Kier molecular flexibility index (Phi) is 7.03. The Morgan fingerprint density at radius 2 is 1.59 bits per heavy atom. The minimum absolute atomic E-state index is 0.252. The molecule has 5 rings (SSSR count). The van der Waals surface area contributed by atoms with E-state index in [2.05, 4.69) is 0 Å². The molecule has 2 aliphatic heterocycles. The van der Waals surface area contributed by atoms with Crippen molar-refractivity contribution in [2.24, 2.45) is 5.92 Å². The fourth-order valence-corrected chi connectivity index (χ4v) is 5.07. The zero-order valence-corrected chi connectivity index (χ0v) is 20.4. The van der Waals surface area contributed by atoms with Crippen LogP contribution in [0.4, 0.5) is 5.69 Å². The molecule has 8 nitrogen and oxygen atoms in total. The Labute approximate surface area is 215 Å². The van der Waals surface area contributed by atoms with Gasteiger partial charge < -0.3 is 9.84 Å². The molecule has 2 aliphatic rings. The van der Waals surface area contributed by atoms with Gasteiger partial charge in [-0.05, 0) is 41.8 Å². The quantitative estimate of drug-likeness (QED) is 0.431. The second-order valence-electron chi connectivity index (χ2n) is 9.15. The summed E-state index contributed by atoms with van der Waals surface area (Å²) in [6.07, 6.45) is -0.443. The maximum Gasteiger partial charge on any atom is 0.305 e. The highest BCUT2D eigenvalue weighted by Crippen LogP contribution is 2.49. The highest BCUT2D eigenvalue weighted by atomic mass is 16.7. The van der Waals surface area contributed by atoms with Crippen molar-refractivity contribution in [3.63, 3.8) is 0 Å². The summed E-state index contributed by atoms with van der Waals surface area (Å²) < 4.78 is 5.62. The number of carbonyl (C=O) groups is 3. The van der Waals surface area contributed by atoms with Crippen LogP contribution in [-0.2, 0) is 19.2 Å². The number of carbonyl (C=O) groups excluding carboxylic acids is 2. The van der Waals surface area contributed by atoms with Crippen LogP contribution in [0.15, 0.2) is 84.9 Å². The Morgan fingerprint density at radius 1 is 0.946 bits per heavy atom. The molecule has 0 unspecified atom stereocenters. The van der Waals surface area contributed by atoms with Crippen molar-refractivity contribution in [2.45, 2.75) is 38.0 Å². The summed E-state index contributed by atoms with van der Waals surface area (Å²) in [5.74, 6) is -2.02. The molecule has 2 amide bonds. The largest absolute Gasteiger partial charge is 0.494 e. The Bertz CT molecular complexity index is 1260. The fourth-order valence-electron chi connectivity index (χ4n) is 5.07. The second kappa shape index (κ2) is 10.5. The Balaban J connectivity index is 1.51. The molecule has 2 heterocycles. The number of nitrogens with zero attached hydrogens (tertiary/aromatic N) is 2. The number of carboxylic acids is 1. The number of aliphatic carboxylic acids is 1. The topological polar surface area (TPSA) is 96.4 Å². The molecule has 0 bridgehead atoms. The number of ether oxygens (including phenoxy) is 1. The van der Waals surface area contributed by atoms with Crippen LogP contribution in [0.2, 0.25) is 0 Å². The summed E-state index contributed by atoms with van der Waals surface area (Å²) in [6, 6.07) is 23.9. The third kappa shape index (κ3) is 4.73. The number of rotatable bonds is 9. The third-order valence-electron chi connectivity index (χ3n) is 6.71. The summed E-state index contributed by atoms with van der Waals surface area (Å²) in [6.45, 7) is 2.59. The van der Waals surface area contributed by atoms with E-state index in [0.29, 0.717) is 18.0 Å². The van der Waals surface area contributed by atoms with Gasteiger partial charge in [0.25, 0.3) is 5.91 Å². The molecular formula is C29H28N2O6. The van der Waals surface area contributed by atoms with Gasteiger partial charge in [0.15, 0.2) is 6.10 Å². The first-order valence-corrected chi connectivity index (χ1v) is 12.4. The van der Waals surface area contributed by atoms with Crippen LogP contribution < -0.4 is 9.64 Å². The van der Waals surface area contributed by atoms with E-state index < -0.39 is 36.0 Å². The predicted molar refractivity (Wildman–Crippen MR) is 136 cm³/mol. The van der Waals surface area contributed by atoms with Crippen LogP contribution in [0, 0.1) is 5.92 Å². The van der Waals surface area contributed by atoms with Gasteiger partial charge in [-0.2, -0.15) is 5.06 Å². The second-order valence-corrected chi connectivity index (χ2v) is 9.15. The molecule has 2 fully saturated rings. The SMILES string of the molecule is CCCOc1ccc(N2C(=O)[C@@H]3[C@H](ON([C@@H](CC(=O)O)c4ccccc4)[C@@H]3c3ccccc3)C2=O)cc1. The lowest BCUT2D eigenvalue weighted by atomic mass is 9.89. The number of hydrogen-bond donors (Lipinski definition) is 1. The van der Waals surface area contributed by atoms with E-state index >= 15 is 0 Å². The number of amides is 2. The van der Waals surface area contributed by atoms with E-state index in [4.69, 9.17) is 9.57 Å². The van der Waals surface area contributed by atoms with Crippen molar-refractivity contribution >= 4 is 23.5 Å². The summed E-state index contributed by atoms with van der Waals surface area (Å²) in [5.41, 5.74) is 1.94. The third-order valence-corrected chi connectivity index (χ3v) is 6.71. The minimum atomic E-state index is -1.06. The van der Waals surface area contributed by atoms with Crippen molar-refractivity contribution < 1.29 is 29.1 Å². The Morgan fingerprint density at radius 3 is 2.22 bits per heavy atom. The maximum atomic E-state index is 13.8. The van der Waals surface area contributed by atoms with Crippen molar-refractivity contribution in [2.75, 3.05) is 11.5 Å². The summed E-state index contributed by atoms with van der Waals surface area (Å²) in [4.78, 5) is 46.6. The zero-order chi connectivity index (χ0) is 25.9. The number of imide groups is 1. The van der Waals surface area contributed by atoms with Gasteiger partial charge >= 0.3 is 5.97 Å². The van der Waals surface area contributed by atoms with E-state index in [1.54, 1.807) is 29.3 Å². The van der Waals surface area contributed by atoms with Crippen LogP contribution in [0.5, 0.6) is 5.75 Å². The van der Waals surface area contributed by atoms with E-state index in [-0.39, 0.29) is 12.3 Å². The molecule has 3 aromatic rings. The van der Waals surface area contributed by atoms with Crippen molar-refractivity contribution in [3.8, 4) is 5.75 Å². The normalized spacial score (nSPS) is 22.2. The molecule has 1 N–H and O–H groups in total. The molecule has 0 aliphatic carbocycles. The monoisotopic (exact) mass is 500 g/mol. The molecule has 4 atom stereocenters. The standard InChI is InChI=1S/C29H28N2O6/c1-2-17-36-22-15-13-21(14-16-22)30-28(34)25-26(20-11-7-4-8-12-20)31(37-27(25)29(30)35)23(18-24(32)33)19-9-5-3-6-10-19/h3-16,23,25-27H,2,17-18H2,1H3,(H,32,33)/t23-,25-,26+,27-/m0/s1. The van der Waals surface area contributed by atoms with Gasteiger partial charge in [-0.1, -0.05) is 67.6 Å². The summed E-state index contributed by atoms with van der Waals surface area (Å²) >= 11 is 0. The first kappa shape index (κ1) is 24.7. The van der Waals surface area contributed by atoms with Crippen molar-refractivity contribution in [1.29, 1.82) is 0 Å². The molecule has 2 saturated heterocycles. The lowest BCUT2D eigenvalue weighted by Crippen LogP contribution is -2.39. The van der Waals surface area contributed by atoms with Gasteiger partial charge in [0.1, 0.15) is 5.75 Å². The number of fused-ring (bicyclic) bond motifs is 1. The Hall–Kier alpha value is -4.01.